The molecule has 0 saturated heterocycles. The van der Waals surface area contributed by atoms with Crippen molar-refractivity contribution in [3.05, 3.63) is 23.8 Å². The fraction of sp³-hybridized carbons (Fsp3) is 0.647. The standard InChI is InChI=1S/C17H28O3/c1-3-5-6-7-8-13-20-16(10-4-2)14-11-9-12-15(18)17(14)19/h9,11-12,16,18-19H,3-8,10,13H2,1-2H3. The van der Waals surface area contributed by atoms with Crippen LogP contribution in [0.2, 0.25) is 0 Å². The first-order valence-corrected chi connectivity index (χ1v) is 7.83. The van der Waals surface area contributed by atoms with Crippen LogP contribution < -0.4 is 0 Å². The Balaban J connectivity index is 2.49. The van der Waals surface area contributed by atoms with Crippen LogP contribution in [0.3, 0.4) is 0 Å². The van der Waals surface area contributed by atoms with E-state index in [1.165, 1.54) is 31.7 Å². The van der Waals surface area contributed by atoms with Crippen molar-refractivity contribution in [1.82, 2.24) is 0 Å². The number of phenolic OH excluding ortho intramolecular Hbond substituents is 2. The van der Waals surface area contributed by atoms with Gasteiger partial charge < -0.3 is 14.9 Å². The van der Waals surface area contributed by atoms with Crippen molar-refractivity contribution < 1.29 is 14.9 Å². The van der Waals surface area contributed by atoms with Crippen molar-refractivity contribution in [2.24, 2.45) is 0 Å². The highest BCUT2D eigenvalue weighted by Gasteiger charge is 2.17. The molecule has 1 atom stereocenters. The van der Waals surface area contributed by atoms with Gasteiger partial charge in [-0.2, -0.15) is 0 Å². The number of unbranched alkanes of at least 4 members (excludes halogenated alkanes) is 4. The lowest BCUT2D eigenvalue weighted by atomic mass is 10.0. The monoisotopic (exact) mass is 280 g/mol. The molecule has 0 aliphatic carbocycles. The molecule has 0 saturated carbocycles. The average molecular weight is 280 g/mol. The van der Waals surface area contributed by atoms with E-state index in [0.717, 1.165) is 19.3 Å². The quantitative estimate of drug-likeness (QED) is 0.472. The zero-order valence-electron chi connectivity index (χ0n) is 12.8. The fourth-order valence-electron chi connectivity index (χ4n) is 2.33. The Morgan fingerprint density at radius 3 is 2.45 bits per heavy atom. The molecule has 1 aromatic rings. The maximum absolute atomic E-state index is 9.94. The van der Waals surface area contributed by atoms with E-state index in [-0.39, 0.29) is 17.6 Å². The Hall–Kier alpha value is -1.22. The van der Waals surface area contributed by atoms with E-state index in [1.54, 1.807) is 6.07 Å². The third kappa shape index (κ3) is 5.41. The molecule has 114 valence electrons. The summed E-state index contributed by atoms with van der Waals surface area (Å²) in [6.45, 7) is 5.01. The number of hydrogen-bond donors (Lipinski definition) is 2. The van der Waals surface area contributed by atoms with Crippen LogP contribution in [0.5, 0.6) is 11.5 Å². The van der Waals surface area contributed by atoms with Crippen LogP contribution in [0.15, 0.2) is 18.2 Å². The molecule has 0 bridgehead atoms. The number of aromatic hydroxyl groups is 2. The summed E-state index contributed by atoms with van der Waals surface area (Å²) in [6, 6.07) is 5.07. The Kier molecular flexibility index (Phi) is 8.12. The van der Waals surface area contributed by atoms with Crippen molar-refractivity contribution in [1.29, 1.82) is 0 Å². The van der Waals surface area contributed by atoms with Crippen LogP contribution >= 0.6 is 0 Å². The zero-order chi connectivity index (χ0) is 14.8. The summed E-state index contributed by atoms with van der Waals surface area (Å²) in [7, 11) is 0. The summed E-state index contributed by atoms with van der Waals surface area (Å²) in [5.74, 6) is -0.118. The molecule has 0 fully saturated rings. The minimum Gasteiger partial charge on any atom is -0.504 e. The van der Waals surface area contributed by atoms with Gasteiger partial charge in [-0.05, 0) is 18.9 Å². The zero-order valence-corrected chi connectivity index (χ0v) is 12.8. The molecular formula is C17H28O3. The first-order valence-electron chi connectivity index (χ1n) is 7.83. The first kappa shape index (κ1) is 16.8. The summed E-state index contributed by atoms with van der Waals surface area (Å²) < 4.78 is 5.91. The Morgan fingerprint density at radius 2 is 1.75 bits per heavy atom. The summed E-state index contributed by atoms with van der Waals surface area (Å²) >= 11 is 0. The Morgan fingerprint density at radius 1 is 1.00 bits per heavy atom. The largest absolute Gasteiger partial charge is 0.504 e. The SMILES string of the molecule is CCCCCCCOC(CCC)c1cccc(O)c1O. The molecule has 3 nitrogen and oxygen atoms in total. The molecule has 0 heterocycles. The fourth-order valence-corrected chi connectivity index (χ4v) is 2.33. The van der Waals surface area contributed by atoms with E-state index < -0.39 is 0 Å². The van der Waals surface area contributed by atoms with Gasteiger partial charge in [-0.3, -0.25) is 0 Å². The molecule has 1 rings (SSSR count). The highest BCUT2D eigenvalue weighted by molar-refractivity contribution is 5.45. The maximum Gasteiger partial charge on any atom is 0.163 e. The van der Waals surface area contributed by atoms with Gasteiger partial charge in [-0.15, -0.1) is 0 Å². The summed E-state index contributed by atoms with van der Waals surface area (Å²) in [5.41, 5.74) is 0.695. The molecule has 2 N–H and O–H groups in total. The minimum absolute atomic E-state index is 0.0445. The molecule has 0 aromatic heterocycles. The van der Waals surface area contributed by atoms with Crippen LogP contribution in [0.1, 0.15) is 70.5 Å². The summed E-state index contributed by atoms with van der Waals surface area (Å²) in [6.07, 6.45) is 7.75. The van der Waals surface area contributed by atoms with Gasteiger partial charge in [0.05, 0.1) is 6.10 Å². The Bertz CT molecular complexity index is 376. The van der Waals surface area contributed by atoms with Crippen molar-refractivity contribution in [2.75, 3.05) is 6.61 Å². The molecule has 1 unspecified atom stereocenters. The second-order valence-electron chi connectivity index (χ2n) is 5.28. The van der Waals surface area contributed by atoms with E-state index in [4.69, 9.17) is 4.74 Å². The molecule has 0 amide bonds. The van der Waals surface area contributed by atoms with Gasteiger partial charge in [0.1, 0.15) is 0 Å². The van der Waals surface area contributed by atoms with Gasteiger partial charge in [0, 0.05) is 12.2 Å². The highest BCUT2D eigenvalue weighted by atomic mass is 16.5. The van der Waals surface area contributed by atoms with E-state index in [9.17, 15) is 10.2 Å². The number of phenols is 2. The van der Waals surface area contributed by atoms with E-state index in [2.05, 4.69) is 13.8 Å². The molecule has 20 heavy (non-hydrogen) atoms. The van der Waals surface area contributed by atoms with Crippen molar-refractivity contribution in [3.63, 3.8) is 0 Å². The lowest BCUT2D eigenvalue weighted by Crippen LogP contribution is -2.06. The molecule has 1 aromatic carbocycles. The van der Waals surface area contributed by atoms with E-state index >= 15 is 0 Å². The second-order valence-corrected chi connectivity index (χ2v) is 5.28. The second kappa shape index (κ2) is 9.65. The van der Waals surface area contributed by atoms with Gasteiger partial charge in [0.2, 0.25) is 0 Å². The molecule has 0 spiro atoms. The summed E-state index contributed by atoms with van der Waals surface area (Å²) in [4.78, 5) is 0. The summed E-state index contributed by atoms with van der Waals surface area (Å²) in [5, 5.41) is 19.5. The van der Waals surface area contributed by atoms with E-state index in [0.29, 0.717) is 12.2 Å². The average Bonchev–Trinajstić information content (AvgIpc) is 2.45. The number of ether oxygens (including phenoxy) is 1. The number of hydrogen-bond acceptors (Lipinski definition) is 3. The van der Waals surface area contributed by atoms with Crippen LogP contribution in [0.4, 0.5) is 0 Å². The predicted molar refractivity (Wildman–Crippen MR) is 82.1 cm³/mol. The van der Waals surface area contributed by atoms with Crippen molar-refractivity contribution in [2.45, 2.75) is 64.9 Å². The van der Waals surface area contributed by atoms with Gasteiger partial charge in [-0.1, -0.05) is 58.1 Å². The number of rotatable bonds is 10. The van der Waals surface area contributed by atoms with Gasteiger partial charge in [-0.25, -0.2) is 0 Å². The van der Waals surface area contributed by atoms with Crippen LogP contribution in [-0.4, -0.2) is 16.8 Å². The number of benzene rings is 1. The predicted octanol–water partition coefficient (Wildman–Crippen LogP) is 4.93. The van der Waals surface area contributed by atoms with Crippen molar-refractivity contribution >= 4 is 0 Å². The van der Waals surface area contributed by atoms with Crippen LogP contribution in [0.25, 0.3) is 0 Å². The Labute approximate surface area is 122 Å². The lowest BCUT2D eigenvalue weighted by Gasteiger charge is -2.19. The molecular weight excluding hydrogens is 252 g/mol. The smallest absolute Gasteiger partial charge is 0.163 e. The minimum atomic E-state index is -0.127. The third-order valence-corrected chi connectivity index (χ3v) is 3.51. The van der Waals surface area contributed by atoms with Gasteiger partial charge >= 0.3 is 0 Å². The van der Waals surface area contributed by atoms with Crippen molar-refractivity contribution in [3.8, 4) is 11.5 Å². The van der Waals surface area contributed by atoms with Crippen LogP contribution in [-0.2, 0) is 4.74 Å². The van der Waals surface area contributed by atoms with Gasteiger partial charge in [0.15, 0.2) is 11.5 Å². The molecule has 3 heteroatoms. The van der Waals surface area contributed by atoms with Gasteiger partial charge in [0.25, 0.3) is 0 Å². The number of para-hydroxylation sites is 1. The first-order chi connectivity index (χ1) is 9.70. The third-order valence-electron chi connectivity index (χ3n) is 3.51. The lowest BCUT2D eigenvalue weighted by molar-refractivity contribution is 0.0417. The molecule has 0 radical (unpaired) electrons. The highest BCUT2D eigenvalue weighted by Crippen LogP contribution is 2.36. The van der Waals surface area contributed by atoms with Crippen LogP contribution in [0, 0.1) is 0 Å². The topological polar surface area (TPSA) is 49.7 Å². The van der Waals surface area contributed by atoms with E-state index in [1.807, 2.05) is 6.07 Å². The molecule has 0 aliphatic heterocycles. The normalized spacial score (nSPS) is 12.5. The molecule has 0 aliphatic rings. The maximum atomic E-state index is 9.94.